The van der Waals surface area contributed by atoms with Crippen molar-refractivity contribution < 1.29 is 19.4 Å². The summed E-state index contributed by atoms with van der Waals surface area (Å²) in [4.78, 5) is 21.7. The van der Waals surface area contributed by atoms with E-state index in [4.69, 9.17) is 9.84 Å². The van der Waals surface area contributed by atoms with E-state index >= 15 is 0 Å². The third kappa shape index (κ3) is 5.17. The van der Waals surface area contributed by atoms with Gasteiger partial charge in [0.25, 0.3) is 0 Å². The molecule has 0 aromatic heterocycles. The molecule has 1 aliphatic carbocycles. The minimum Gasteiger partial charge on any atom is -0.480 e. The minimum absolute atomic E-state index is 0.167. The number of nitrogens with one attached hydrogen (secondary N) is 1. The Morgan fingerprint density at radius 2 is 2.00 bits per heavy atom. The summed E-state index contributed by atoms with van der Waals surface area (Å²) in [6, 6.07) is 0.231. The molecule has 1 saturated carbocycles. The number of ether oxygens (including phenoxy) is 1. The lowest BCUT2D eigenvalue weighted by Crippen LogP contribution is -2.43. The number of carboxylic acid groups (broad SMARTS) is 1. The fraction of sp³-hybridized carbons (Fsp3) is 0.833. The van der Waals surface area contributed by atoms with Crippen LogP contribution in [0.4, 0.5) is 0 Å². The number of rotatable bonds is 6. The first-order chi connectivity index (χ1) is 8.13. The van der Waals surface area contributed by atoms with E-state index in [9.17, 15) is 9.59 Å². The third-order valence-electron chi connectivity index (χ3n) is 3.24. The molecule has 0 radical (unpaired) electrons. The van der Waals surface area contributed by atoms with Gasteiger partial charge in [0.05, 0.1) is 0 Å². The van der Waals surface area contributed by atoms with Crippen molar-refractivity contribution in [3.63, 3.8) is 0 Å². The van der Waals surface area contributed by atoms with Crippen LogP contribution in [-0.4, -0.2) is 36.2 Å². The van der Waals surface area contributed by atoms with Gasteiger partial charge in [-0.3, -0.25) is 4.79 Å². The Bertz CT molecular complexity index is 267. The summed E-state index contributed by atoms with van der Waals surface area (Å²) in [5.41, 5.74) is 0. The number of carbonyl (C=O) groups excluding carboxylic acids is 1. The Labute approximate surface area is 102 Å². The summed E-state index contributed by atoms with van der Waals surface area (Å²) in [5, 5.41) is 11.3. The highest BCUT2D eigenvalue weighted by atomic mass is 16.5. The average molecular weight is 243 g/mol. The van der Waals surface area contributed by atoms with Crippen molar-refractivity contribution in [1.82, 2.24) is 5.32 Å². The highest BCUT2D eigenvalue weighted by Gasteiger charge is 2.24. The van der Waals surface area contributed by atoms with Crippen molar-refractivity contribution in [2.24, 2.45) is 5.92 Å². The molecule has 0 saturated heterocycles. The van der Waals surface area contributed by atoms with E-state index < -0.39 is 12.6 Å². The predicted molar refractivity (Wildman–Crippen MR) is 62.6 cm³/mol. The third-order valence-corrected chi connectivity index (χ3v) is 3.24. The molecule has 5 heteroatoms. The van der Waals surface area contributed by atoms with Crippen molar-refractivity contribution in [3.8, 4) is 0 Å². The van der Waals surface area contributed by atoms with Gasteiger partial charge in [-0.25, -0.2) is 4.79 Å². The van der Waals surface area contributed by atoms with Crippen LogP contribution in [-0.2, 0) is 14.3 Å². The predicted octanol–water partition coefficient (Wildman–Crippen LogP) is 1.17. The lowest BCUT2D eigenvalue weighted by molar-refractivity contribution is -0.143. The molecule has 2 N–H and O–H groups in total. The topological polar surface area (TPSA) is 75.6 Å². The lowest BCUT2D eigenvalue weighted by Gasteiger charge is -2.31. The van der Waals surface area contributed by atoms with Crippen LogP contribution in [0, 0.1) is 5.92 Å². The minimum atomic E-state index is -1.05. The summed E-state index contributed by atoms with van der Waals surface area (Å²) in [6.45, 7) is 1.55. The second kappa shape index (κ2) is 7.27. The second-order valence-electron chi connectivity index (χ2n) is 4.51. The van der Waals surface area contributed by atoms with Crippen LogP contribution in [0.25, 0.3) is 0 Å². The maximum atomic E-state index is 11.5. The van der Waals surface area contributed by atoms with Crippen LogP contribution in [0.15, 0.2) is 0 Å². The van der Waals surface area contributed by atoms with E-state index in [1.165, 1.54) is 6.42 Å². The van der Waals surface area contributed by atoms with Gasteiger partial charge in [-0.1, -0.05) is 26.2 Å². The molecular weight excluding hydrogens is 222 g/mol. The largest absolute Gasteiger partial charge is 0.480 e. The van der Waals surface area contributed by atoms with E-state index in [0.29, 0.717) is 5.92 Å². The zero-order chi connectivity index (χ0) is 12.7. The van der Waals surface area contributed by atoms with Gasteiger partial charge in [-0.05, 0) is 18.8 Å². The first-order valence-electron chi connectivity index (χ1n) is 6.22. The van der Waals surface area contributed by atoms with Gasteiger partial charge >= 0.3 is 5.97 Å². The van der Waals surface area contributed by atoms with Crippen LogP contribution in [0.1, 0.15) is 39.0 Å². The van der Waals surface area contributed by atoms with Crippen LogP contribution < -0.4 is 5.32 Å². The molecule has 1 fully saturated rings. The highest BCUT2D eigenvalue weighted by molar-refractivity contribution is 5.78. The molecular formula is C12H21NO4. The summed E-state index contributed by atoms with van der Waals surface area (Å²) < 4.78 is 4.76. The second-order valence-corrected chi connectivity index (χ2v) is 4.51. The SMILES string of the molecule is CCC1CCCCC1NC(=O)COCC(=O)O. The Morgan fingerprint density at radius 3 is 2.65 bits per heavy atom. The van der Waals surface area contributed by atoms with Gasteiger partial charge in [-0.2, -0.15) is 0 Å². The molecule has 17 heavy (non-hydrogen) atoms. The molecule has 0 aromatic carbocycles. The zero-order valence-corrected chi connectivity index (χ0v) is 10.3. The van der Waals surface area contributed by atoms with E-state index in [2.05, 4.69) is 12.2 Å². The van der Waals surface area contributed by atoms with Crippen molar-refractivity contribution in [2.45, 2.75) is 45.1 Å². The van der Waals surface area contributed by atoms with E-state index in [0.717, 1.165) is 25.7 Å². The van der Waals surface area contributed by atoms with Crippen LogP contribution >= 0.6 is 0 Å². The molecule has 1 rings (SSSR count). The van der Waals surface area contributed by atoms with Gasteiger partial charge in [0.2, 0.25) is 5.91 Å². The van der Waals surface area contributed by atoms with Gasteiger partial charge in [0.15, 0.2) is 0 Å². The molecule has 98 valence electrons. The summed E-state index contributed by atoms with van der Waals surface area (Å²) in [6.07, 6.45) is 5.64. The smallest absolute Gasteiger partial charge is 0.329 e. The maximum Gasteiger partial charge on any atom is 0.329 e. The Morgan fingerprint density at radius 1 is 1.29 bits per heavy atom. The quantitative estimate of drug-likeness (QED) is 0.734. The van der Waals surface area contributed by atoms with E-state index in [-0.39, 0.29) is 18.6 Å². The number of amides is 1. The van der Waals surface area contributed by atoms with Gasteiger partial charge < -0.3 is 15.2 Å². The zero-order valence-electron chi connectivity index (χ0n) is 10.3. The molecule has 0 bridgehead atoms. The van der Waals surface area contributed by atoms with E-state index in [1.54, 1.807) is 0 Å². The van der Waals surface area contributed by atoms with Crippen molar-refractivity contribution in [1.29, 1.82) is 0 Å². The standard InChI is InChI=1S/C12H21NO4/c1-2-9-5-3-4-6-10(9)13-11(14)7-17-8-12(15)16/h9-10H,2-8H2,1H3,(H,13,14)(H,15,16). The normalized spacial score (nSPS) is 24.3. The Kier molecular flexibility index (Phi) is 5.97. The number of aliphatic carboxylic acids is 1. The first-order valence-corrected chi connectivity index (χ1v) is 6.22. The van der Waals surface area contributed by atoms with Crippen LogP contribution in [0.5, 0.6) is 0 Å². The Hall–Kier alpha value is -1.10. The van der Waals surface area contributed by atoms with Crippen molar-refractivity contribution >= 4 is 11.9 Å². The maximum absolute atomic E-state index is 11.5. The number of hydrogen-bond acceptors (Lipinski definition) is 3. The number of carboxylic acids is 1. The highest BCUT2D eigenvalue weighted by Crippen LogP contribution is 2.26. The van der Waals surface area contributed by atoms with E-state index in [1.807, 2.05) is 0 Å². The molecule has 0 heterocycles. The van der Waals surface area contributed by atoms with Crippen LogP contribution in [0.3, 0.4) is 0 Å². The van der Waals surface area contributed by atoms with Gasteiger partial charge in [-0.15, -0.1) is 0 Å². The Balaban J connectivity index is 2.26. The lowest BCUT2D eigenvalue weighted by atomic mass is 9.83. The molecule has 2 atom stereocenters. The summed E-state index contributed by atoms with van der Waals surface area (Å²) in [7, 11) is 0. The molecule has 0 spiro atoms. The van der Waals surface area contributed by atoms with Gasteiger partial charge in [0, 0.05) is 6.04 Å². The molecule has 0 aliphatic heterocycles. The first kappa shape index (κ1) is 14.0. The number of hydrogen-bond donors (Lipinski definition) is 2. The molecule has 2 unspecified atom stereocenters. The molecule has 1 aliphatic rings. The summed E-state index contributed by atoms with van der Waals surface area (Å²) in [5.74, 6) is -0.717. The van der Waals surface area contributed by atoms with Crippen molar-refractivity contribution in [2.75, 3.05) is 13.2 Å². The van der Waals surface area contributed by atoms with Crippen molar-refractivity contribution in [3.05, 3.63) is 0 Å². The molecule has 1 amide bonds. The fourth-order valence-corrected chi connectivity index (χ4v) is 2.37. The fourth-order valence-electron chi connectivity index (χ4n) is 2.37. The molecule has 0 aromatic rings. The van der Waals surface area contributed by atoms with Crippen LogP contribution in [0.2, 0.25) is 0 Å². The summed E-state index contributed by atoms with van der Waals surface area (Å²) >= 11 is 0. The van der Waals surface area contributed by atoms with Gasteiger partial charge in [0.1, 0.15) is 13.2 Å². The average Bonchev–Trinajstić information content (AvgIpc) is 2.29. The molecule has 5 nitrogen and oxygen atoms in total. The monoisotopic (exact) mass is 243 g/mol. The number of carbonyl (C=O) groups is 2.